The maximum Gasteiger partial charge on any atom is 0.123 e. The molecule has 4 heteroatoms. The van der Waals surface area contributed by atoms with Gasteiger partial charge in [-0.15, -0.1) is 0 Å². The molecular formula is C17H20FNOS. The summed E-state index contributed by atoms with van der Waals surface area (Å²) in [4.78, 5) is 2.44. The molecule has 2 aromatic rings. The van der Waals surface area contributed by atoms with E-state index in [1.54, 1.807) is 23.5 Å². The summed E-state index contributed by atoms with van der Waals surface area (Å²) in [6, 6.07) is 9.08. The van der Waals surface area contributed by atoms with Crippen molar-refractivity contribution in [3.63, 3.8) is 0 Å². The van der Waals surface area contributed by atoms with Crippen LogP contribution in [0.4, 0.5) is 4.39 Å². The van der Waals surface area contributed by atoms with Gasteiger partial charge in [-0.1, -0.05) is 12.1 Å². The normalized spacial score (nSPS) is 16.3. The Bertz CT molecular complexity index is 568. The molecule has 1 aromatic heterocycles. The molecule has 1 aromatic carbocycles. The van der Waals surface area contributed by atoms with Crippen molar-refractivity contribution in [1.82, 2.24) is 4.90 Å². The Labute approximate surface area is 128 Å². The van der Waals surface area contributed by atoms with Crippen molar-refractivity contribution in [3.05, 3.63) is 58.0 Å². The van der Waals surface area contributed by atoms with Crippen molar-refractivity contribution in [2.75, 3.05) is 6.54 Å². The van der Waals surface area contributed by atoms with Crippen molar-refractivity contribution < 1.29 is 9.50 Å². The second-order valence-electron chi connectivity index (χ2n) is 5.69. The van der Waals surface area contributed by atoms with Crippen LogP contribution >= 0.6 is 11.3 Å². The van der Waals surface area contributed by atoms with Crippen LogP contribution in [0.2, 0.25) is 0 Å². The third-order valence-electron chi connectivity index (χ3n) is 3.95. The Morgan fingerprint density at radius 2 is 2.19 bits per heavy atom. The molecule has 0 radical (unpaired) electrons. The molecule has 0 amide bonds. The van der Waals surface area contributed by atoms with Crippen LogP contribution in [0.1, 0.15) is 36.5 Å². The van der Waals surface area contributed by atoms with Crippen LogP contribution in [0, 0.1) is 5.82 Å². The molecule has 1 N–H and O–H groups in total. The quantitative estimate of drug-likeness (QED) is 0.836. The summed E-state index contributed by atoms with van der Waals surface area (Å²) in [5, 5.41) is 14.5. The molecule has 0 bridgehead atoms. The van der Waals surface area contributed by atoms with Crippen LogP contribution in [-0.4, -0.2) is 22.6 Å². The van der Waals surface area contributed by atoms with E-state index in [1.165, 1.54) is 30.5 Å². The van der Waals surface area contributed by atoms with E-state index in [0.717, 1.165) is 13.1 Å². The van der Waals surface area contributed by atoms with Gasteiger partial charge >= 0.3 is 0 Å². The number of hydrogen-bond acceptors (Lipinski definition) is 3. The van der Waals surface area contributed by atoms with Gasteiger partial charge in [-0.3, -0.25) is 4.90 Å². The van der Waals surface area contributed by atoms with Gasteiger partial charge in [-0.05, 0) is 59.3 Å². The molecule has 0 aliphatic heterocycles. The Balaban J connectivity index is 1.56. The van der Waals surface area contributed by atoms with Crippen molar-refractivity contribution >= 4 is 11.3 Å². The van der Waals surface area contributed by atoms with Gasteiger partial charge in [-0.25, -0.2) is 4.39 Å². The highest BCUT2D eigenvalue weighted by Gasteiger charge is 2.29. The van der Waals surface area contributed by atoms with Gasteiger partial charge in [0.1, 0.15) is 5.82 Å². The first-order chi connectivity index (χ1) is 10.2. The van der Waals surface area contributed by atoms with Gasteiger partial charge in [-0.2, -0.15) is 11.3 Å². The Morgan fingerprint density at radius 1 is 1.33 bits per heavy atom. The zero-order chi connectivity index (χ0) is 14.7. The molecule has 0 saturated heterocycles. The summed E-state index contributed by atoms with van der Waals surface area (Å²) in [5.74, 6) is -0.288. The molecule has 1 unspecified atom stereocenters. The predicted molar refractivity (Wildman–Crippen MR) is 83.7 cm³/mol. The first-order valence-electron chi connectivity index (χ1n) is 7.41. The van der Waals surface area contributed by atoms with Gasteiger partial charge in [0.05, 0.1) is 6.10 Å². The highest BCUT2D eigenvalue weighted by atomic mass is 32.1. The molecule has 112 valence electrons. The second kappa shape index (κ2) is 6.69. The number of thiophene rings is 1. The van der Waals surface area contributed by atoms with Crippen LogP contribution in [0.5, 0.6) is 0 Å². The topological polar surface area (TPSA) is 23.5 Å². The van der Waals surface area contributed by atoms with Crippen molar-refractivity contribution in [2.45, 2.75) is 38.0 Å². The lowest BCUT2D eigenvalue weighted by Crippen LogP contribution is -2.27. The average molecular weight is 305 g/mol. The summed E-state index contributed by atoms with van der Waals surface area (Å²) in [7, 11) is 0. The van der Waals surface area contributed by atoms with Crippen LogP contribution in [0.15, 0.2) is 41.1 Å². The van der Waals surface area contributed by atoms with Crippen molar-refractivity contribution in [3.8, 4) is 0 Å². The van der Waals surface area contributed by atoms with Crippen molar-refractivity contribution in [1.29, 1.82) is 0 Å². The van der Waals surface area contributed by atoms with E-state index in [2.05, 4.69) is 21.7 Å². The number of aliphatic hydroxyl groups excluding tert-OH is 1. The molecule has 1 atom stereocenters. The number of aliphatic hydroxyl groups is 1. The molecule has 1 fully saturated rings. The zero-order valence-corrected chi connectivity index (χ0v) is 12.7. The van der Waals surface area contributed by atoms with Crippen molar-refractivity contribution in [2.24, 2.45) is 0 Å². The molecular weight excluding hydrogens is 285 g/mol. The summed E-state index contributed by atoms with van der Waals surface area (Å²) in [5.41, 5.74) is 2.01. The number of benzene rings is 1. The first-order valence-corrected chi connectivity index (χ1v) is 8.35. The fourth-order valence-corrected chi connectivity index (χ4v) is 3.28. The molecule has 3 rings (SSSR count). The molecule has 1 heterocycles. The molecule has 1 aliphatic rings. The summed E-state index contributed by atoms with van der Waals surface area (Å²) in [6.45, 7) is 1.79. The van der Waals surface area contributed by atoms with Gasteiger partial charge in [0, 0.05) is 19.1 Å². The van der Waals surface area contributed by atoms with Gasteiger partial charge in [0.15, 0.2) is 0 Å². The van der Waals surface area contributed by atoms with E-state index < -0.39 is 6.10 Å². The van der Waals surface area contributed by atoms with E-state index in [0.29, 0.717) is 18.0 Å². The highest BCUT2D eigenvalue weighted by Crippen LogP contribution is 2.30. The Morgan fingerprint density at radius 3 is 2.86 bits per heavy atom. The Kier molecular flexibility index (Phi) is 4.68. The van der Waals surface area contributed by atoms with Crippen LogP contribution in [0.25, 0.3) is 0 Å². The molecule has 21 heavy (non-hydrogen) atoms. The monoisotopic (exact) mass is 305 g/mol. The van der Waals surface area contributed by atoms with Gasteiger partial charge in [0.2, 0.25) is 0 Å². The van der Waals surface area contributed by atoms with Crippen LogP contribution < -0.4 is 0 Å². The third-order valence-corrected chi connectivity index (χ3v) is 4.68. The lowest BCUT2D eigenvalue weighted by molar-refractivity contribution is 0.136. The highest BCUT2D eigenvalue weighted by molar-refractivity contribution is 7.07. The smallest absolute Gasteiger partial charge is 0.123 e. The minimum absolute atomic E-state index is 0.288. The predicted octanol–water partition coefficient (Wildman–Crippen LogP) is 3.98. The van der Waals surface area contributed by atoms with E-state index in [4.69, 9.17) is 0 Å². The first kappa shape index (κ1) is 14.7. The number of nitrogens with zero attached hydrogens (tertiary/aromatic N) is 1. The van der Waals surface area contributed by atoms with Gasteiger partial charge in [0.25, 0.3) is 0 Å². The lowest BCUT2D eigenvalue weighted by Gasteiger charge is -2.23. The number of hydrogen-bond donors (Lipinski definition) is 1. The summed E-state index contributed by atoms with van der Waals surface area (Å²) < 4.78 is 13.2. The van der Waals surface area contributed by atoms with E-state index in [1.807, 2.05) is 0 Å². The largest absolute Gasteiger partial charge is 0.388 e. The second-order valence-corrected chi connectivity index (χ2v) is 6.47. The number of halogens is 1. The fraction of sp³-hybridized carbons (Fsp3) is 0.412. The minimum Gasteiger partial charge on any atom is -0.388 e. The van der Waals surface area contributed by atoms with E-state index >= 15 is 0 Å². The average Bonchev–Trinajstić information content (AvgIpc) is 3.20. The summed E-state index contributed by atoms with van der Waals surface area (Å²) >= 11 is 1.72. The van der Waals surface area contributed by atoms with Gasteiger partial charge < -0.3 is 5.11 Å². The Hall–Kier alpha value is -1.23. The summed E-state index contributed by atoms with van der Waals surface area (Å²) in [6.07, 6.45) is 2.55. The molecule has 1 aliphatic carbocycles. The van der Waals surface area contributed by atoms with Crippen LogP contribution in [0.3, 0.4) is 0 Å². The standard InChI is InChI=1S/C17H20FNOS/c18-15-3-1-2-14(10-15)17(20)6-8-19(16-4-5-16)11-13-7-9-21-12-13/h1-3,7,9-10,12,16-17,20H,4-6,8,11H2. The lowest BCUT2D eigenvalue weighted by atomic mass is 10.1. The third kappa shape index (κ3) is 4.13. The zero-order valence-electron chi connectivity index (χ0n) is 11.9. The SMILES string of the molecule is OC(CCN(Cc1ccsc1)C1CC1)c1cccc(F)c1. The van der Waals surface area contributed by atoms with Crippen LogP contribution in [-0.2, 0) is 6.54 Å². The number of rotatable bonds is 7. The van der Waals surface area contributed by atoms with E-state index in [9.17, 15) is 9.50 Å². The molecule has 0 spiro atoms. The molecule has 2 nitrogen and oxygen atoms in total. The maximum absolute atomic E-state index is 13.2. The fourth-order valence-electron chi connectivity index (χ4n) is 2.62. The molecule has 1 saturated carbocycles. The minimum atomic E-state index is -0.593. The maximum atomic E-state index is 13.2. The van der Waals surface area contributed by atoms with E-state index in [-0.39, 0.29) is 5.82 Å².